The number of hydrogen-bond donors (Lipinski definition) is 0. The second-order valence-electron chi connectivity index (χ2n) is 4.00. The van der Waals surface area contributed by atoms with Crippen LogP contribution in [0.5, 0.6) is 0 Å². The van der Waals surface area contributed by atoms with Crippen molar-refractivity contribution in [2.45, 2.75) is 18.3 Å². The van der Waals surface area contributed by atoms with Crippen molar-refractivity contribution < 1.29 is 19.1 Å². The van der Waals surface area contributed by atoms with Crippen LogP contribution in [0.3, 0.4) is 0 Å². The Morgan fingerprint density at radius 1 is 1.39 bits per heavy atom. The Bertz CT molecular complexity index is 477. The highest BCUT2D eigenvalue weighted by atomic mass is 32.2. The van der Waals surface area contributed by atoms with Crippen LogP contribution < -0.4 is 5.11 Å². The largest absolute Gasteiger partial charge is 0.548 e. The summed E-state index contributed by atoms with van der Waals surface area (Å²) in [5, 5.41) is 10.6. The molecule has 1 aromatic rings. The van der Waals surface area contributed by atoms with E-state index in [1.807, 2.05) is 0 Å². The molecule has 1 aliphatic heterocycles. The third-order valence-corrected chi connectivity index (χ3v) is 4.11. The number of aliphatic carboxylic acids is 1. The van der Waals surface area contributed by atoms with Gasteiger partial charge in [0.15, 0.2) is 0 Å². The molecule has 2 atom stereocenters. The summed E-state index contributed by atoms with van der Waals surface area (Å²) >= 11 is 1.34. The summed E-state index contributed by atoms with van der Waals surface area (Å²) in [5.41, 5.74) is 0.709. The van der Waals surface area contributed by atoms with Gasteiger partial charge in [-0.15, -0.1) is 11.8 Å². The Morgan fingerprint density at radius 2 is 2.00 bits per heavy atom. The fourth-order valence-corrected chi connectivity index (χ4v) is 3.42. The minimum Gasteiger partial charge on any atom is -0.548 e. The molecule has 1 aliphatic rings. The van der Waals surface area contributed by atoms with Gasteiger partial charge in [0.2, 0.25) is 5.91 Å². The zero-order chi connectivity index (χ0) is 13.3. The molecule has 0 radical (unpaired) electrons. The lowest BCUT2D eigenvalue weighted by Gasteiger charge is -2.29. The number of carboxylic acid groups (broad SMARTS) is 1. The van der Waals surface area contributed by atoms with Crippen molar-refractivity contribution in [2.24, 2.45) is 0 Å². The summed E-state index contributed by atoms with van der Waals surface area (Å²) < 4.78 is 12.8. The first kappa shape index (κ1) is 12.9. The van der Waals surface area contributed by atoms with E-state index in [1.54, 1.807) is 12.1 Å². The summed E-state index contributed by atoms with van der Waals surface area (Å²) in [4.78, 5) is 23.8. The van der Waals surface area contributed by atoms with Crippen LogP contribution in [-0.2, 0) is 9.59 Å². The van der Waals surface area contributed by atoms with Gasteiger partial charge in [0.25, 0.3) is 0 Å². The van der Waals surface area contributed by atoms with Gasteiger partial charge in [0, 0.05) is 12.7 Å². The molecular weight excluding hydrogens is 257 g/mol. The number of carbonyl (C=O) groups excluding carboxylic acids is 2. The van der Waals surface area contributed by atoms with Crippen molar-refractivity contribution in [1.82, 2.24) is 4.90 Å². The van der Waals surface area contributed by atoms with Gasteiger partial charge in [-0.05, 0) is 17.7 Å². The lowest BCUT2D eigenvalue weighted by atomic mass is 10.1. The average molecular weight is 268 g/mol. The van der Waals surface area contributed by atoms with E-state index in [0.29, 0.717) is 5.56 Å². The predicted molar refractivity (Wildman–Crippen MR) is 62.9 cm³/mol. The molecule has 0 bridgehead atoms. The number of halogens is 1. The lowest BCUT2D eigenvalue weighted by Crippen LogP contribution is -2.48. The van der Waals surface area contributed by atoms with E-state index in [4.69, 9.17) is 0 Å². The molecule has 4 nitrogen and oxygen atoms in total. The molecule has 0 spiro atoms. The van der Waals surface area contributed by atoms with Crippen LogP contribution >= 0.6 is 11.8 Å². The summed E-state index contributed by atoms with van der Waals surface area (Å²) in [6, 6.07) is 4.77. The van der Waals surface area contributed by atoms with Gasteiger partial charge in [-0.1, -0.05) is 12.1 Å². The zero-order valence-electron chi connectivity index (χ0n) is 9.63. The molecule has 0 saturated carbocycles. The number of rotatable bonds is 2. The molecule has 1 aromatic carbocycles. The van der Waals surface area contributed by atoms with Crippen LogP contribution in [0.15, 0.2) is 24.3 Å². The van der Waals surface area contributed by atoms with Gasteiger partial charge in [0.05, 0.1) is 12.0 Å². The molecular formula is C12H11FNO3S-. The second-order valence-corrected chi connectivity index (χ2v) is 5.11. The summed E-state index contributed by atoms with van der Waals surface area (Å²) in [6.07, 6.45) is 0. The highest BCUT2D eigenvalue weighted by Crippen LogP contribution is 2.41. The van der Waals surface area contributed by atoms with Crippen molar-refractivity contribution in [1.29, 1.82) is 0 Å². The zero-order valence-corrected chi connectivity index (χ0v) is 10.4. The maximum Gasteiger partial charge on any atom is 0.221 e. The van der Waals surface area contributed by atoms with Crippen LogP contribution in [0.1, 0.15) is 17.9 Å². The molecule has 2 rings (SSSR count). The van der Waals surface area contributed by atoms with Crippen molar-refractivity contribution in [3.8, 4) is 0 Å². The minimum atomic E-state index is -1.26. The lowest BCUT2D eigenvalue weighted by molar-refractivity contribution is -0.310. The number of nitrogens with zero attached hydrogens (tertiary/aromatic N) is 1. The molecule has 6 heteroatoms. The molecule has 0 unspecified atom stereocenters. The summed E-state index contributed by atoms with van der Waals surface area (Å²) in [6.45, 7) is 1.32. The quantitative estimate of drug-likeness (QED) is 0.785. The van der Waals surface area contributed by atoms with Crippen molar-refractivity contribution in [3.63, 3.8) is 0 Å². The monoisotopic (exact) mass is 268 g/mol. The van der Waals surface area contributed by atoms with Crippen molar-refractivity contribution >= 4 is 23.6 Å². The summed E-state index contributed by atoms with van der Waals surface area (Å²) in [5.74, 6) is -1.68. The summed E-state index contributed by atoms with van der Waals surface area (Å²) in [7, 11) is 0. The average Bonchev–Trinajstić information content (AvgIpc) is 2.74. The third kappa shape index (κ3) is 2.33. The van der Waals surface area contributed by atoms with Gasteiger partial charge >= 0.3 is 0 Å². The van der Waals surface area contributed by atoms with E-state index in [0.717, 1.165) is 0 Å². The van der Waals surface area contributed by atoms with Gasteiger partial charge < -0.3 is 14.8 Å². The number of carboxylic acids is 1. The Kier molecular flexibility index (Phi) is 3.56. The topological polar surface area (TPSA) is 60.4 Å². The molecule has 96 valence electrons. The number of amides is 1. The molecule has 1 heterocycles. The fraction of sp³-hybridized carbons (Fsp3) is 0.333. The third-order valence-electron chi connectivity index (χ3n) is 2.79. The van der Waals surface area contributed by atoms with Crippen LogP contribution in [0, 0.1) is 5.82 Å². The van der Waals surface area contributed by atoms with Crippen molar-refractivity contribution in [2.75, 3.05) is 5.75 Å². The molecule has 1 saturated heterocycles. The van der Waals surface area contributed by atoms with Gasteiger partial charge in [-0.25, -0.2) is 4.39 Å². The van der Waals surface area contributed by atoms with Crippen LogP contribution in [-0.4, -0.2) is 28.6 Å². The Balaban J connectivity index is 2.30. The van der Waals surface area contributed by atoms with E-state index >= 15 is 0 Å². The van der Waals surface area contributed by atoms with E-state index in [1.165, 1.54) is 35.7 Å². The Labute approximate surface area is 108 Å². The van der Waals surface area contributed by atoms with Gasteiger partial charge in [-0.2, -0.15) is 0 Å². The van der Waals surface area contributed by atoms with Crippen LogP contribution in [0.25, 0.3) is 0 Å². The van der Waals surface area contributed by atoms with E-state index < -0.39 is 17.4 Å². The smallest absolute Gasteiger partial charge is 0.221 e. The number of benzene rings is 1. The minimum absolute atomic E-state index is 0.282. The first-order valence-electron chi connectivity index (χ1n) is 5.37. The number of thioether (sulfide) groups is 1. The fourth-order valence-electron chi connectivity index (χ4n) is 1.96. The SMILES string of the molecule is CC(=O)N1[C@@H](C(=O)[O-])CS[C@@H]1c1ccc(F)cc1. The van der Waals surface area contributed by atoms with Gasteiger partial charge in [-0.3, -0.25) is 4.79 Å². The molecule has 0 aromatic heterocycles. The number of hydrogen-bond acceptors (Lipinski definition) is 4. The maximum atomic E-state index is 12.8. The second kappa shape index (κ2) is 4.97. The first-order valence-corrected chi connectivity index (χ1v) is 6.42. The van der Waals surface area contributed by atoms with E-state index in [2.05, 4.69) is 0 Å². The first-order chi connectivity index (χ1) is 8.50. The molecule has 18 heavy (non-hydrogen) atoms. The predicted octanol–water partition coefficient (Wildman–Crippen LogP) is 0.538. The molecule has 1 fully saturated rings. The van der Waals surface area contributed by atoms with Crippen LogP contribution in [0.2, 0.25) is 0 Å². The Hall–Kier alpha value is -1.56. The normalized spacial score (nSPS) is 23.1. The van der Waals surface area contributed by atoms with Gasteiger partial charge in [0.1, 0.15) is 11.2 Å². The Morgan fingerprint density at radius 3 is 2.50 bits per heavy atom. The molecule has 1 amide bonds. The molecule has 0 N–H and O–H groups in total. The standard InChI is InChI=1S/C12H12FNO3S/c1-7(15)14-10(12(16)17)6-18-11(14)8-2-4-9(13)5-3-8/h2-5,10-11H,6H2,1H3,(H,16,17)/p-1/t10-,11-/m1/s1. The highest BCUT2D eigenvalue weighted by Gasteiger charge is 2.37. The maximum absolute atomic E-state index is 12.8. The van der Waals surface area contributed by atoms with E-state index in [9.17, 15) is 19.1 Å². The number of carbonyl (C=O) groups is 2. The van der Waals surface area contributed by atoms with Crippen LogP contribution in [0.4, 0.5) is 4.39 Å². The highest BCUT2D eigenvalue weighted by molar-refractivity contribution is 7.99. The molecule has 0 aliphatic carbocycles. The van der Waals surface area contributed by atoms with Crippen molar-refractivity contribution in [3.05, 3.63) is 35.6 Å². The van der Waals surface area contributed by atoms with E-state index in [-0.39, 0.29) is 17.5 Å².